The standard InChI is InChI=1S/C10H15NO2/c1-7-4-5-9(13-7)10-8(12)3-2-6-11-10/h4-5,8,10-12H,2-3,6H2,1H3. The van der Waals surface area contributed by atoms with Crippen LogP contribution in [0.4, 0.5) is 0 Å². The number of aliphatic hydroxyl groups is 1. The van der Waals surface area contributed by atoms with Gasteiger partial charge in [0.1, 0.15) is 11.5 Å². The van der Waals surface area contributed by atoms with Gasteiger partial charge >= 0.3 is 0 Å². The molecule has 1 aliphatic heterocycles. The maximum atomic E-state index is 9.71. The molecule has 1 aromatic rings. The molecule has 2 unspecified atom stereocenters. The van der Waals surface area contributed by atoms with E-state index in [-0.39, 0.29) is 12.1 Å². The molecule has 0 amide bonds. The van der Waals surface area contributed by atoms with Crippen molar-refractivity contribution in [1.82, 2.24) is 5.32 Å². The van der Waals surface area contributed by atoms with E-state index in [9.17, 15) is 5.11 Å². The third kappa shape index (κ3) is 1.76. The van der Waals surface area contributed by atoms with Crippen molar-refractivity contribution in [2.45, 2.75) is 31.9 Å². The summed E-state index contributed by atoms with van der Waals surface area (Å²) in [6.45, 7) is 2.88. The van der Waals surface area contributed by atoms with Gasteiger partial charge in [-0.25, -0.2) is 0 Å². The lowest BCUT2D eigenvalue weighted by atomic mass is 10.00. The van der Waals surface area contributed by atoms with Crippen molar-refractivity contribution in [3.05, 3.63) is 23.7 Å². The smallest absolute Gasteiger partial charge is 0.123 e. The van der Waals surface area contributed by atoms with Gasteiger partial charge in [-0.1, -0.05) is 0 Å². The summed E-state index contributed by atoms with van der Waals surface area (Å²) in [5.41, 5.74) is 0. The van der Waals surface area contributed by atoms with Gasteiger partial charge in [0.15, 0.2) is 0 Å². The van der Waals surface area contributed by atoms with Gasteiger partial charge in [-0.15, -0.1) is 0 Å². The van der Waals surface area contributed by atoms with E-state index >= 15 is 0 Å². The molecule has 0 bridgehead atoms. The zero-order valence-electron chi connectivity index (χ0n) is 7.79. The van der Waals surface area contributed by atoms with E-state index in [1.807, 2.05) is 19.1 Å². The summed E-state index contributed by atoms with van der Waals surface area (Å²) < 4.78 is 5.47. The molecule has 72 valence electrons. The first kappa shape index (κ1) is 8.78. The van der Waals surface area contributed by atoms with Crippen molar-refractivity contribution < 1.29 is 9.52 Å². The van der Waals surface area contributed by atoms with Crippen molar-refractivity contribution >= 4 is 0 Å². The molecule has 2 rings (SSSR count). The molecular formula is C10H15NO2. The highest BCUT2D eigenvalue weighted by Gasteiger charge is 2.26. The SMILES string of the molecule is Cc1ccc(C2NCCCC2O)o1. The van der Waals surface area contributed by atoms with E-state index in [2.05, 4.69) is 5.32 Å². The maximum absolute atomic E-state index is 9.71. The number of aliphatic hydroxyl groups excluding tert-OH is 1. The van der Waals surface area contributed by atoms with Crippen molar-refractivity contribution in [1.29, 1.82) is 0 Å². The van der Waals surface area contributed by atoms with Gasteiger partial charge in [-0.3, -0.25) is 0 Å². The summed E-state index contributed by atoms with van der Waals surface area (Å²) >= 11 is 0. The van der Waals surface area contributed by atoms with E-state index in [4.69, 9.17) is 4.42 Å². The highest BCUT2D eigenvalue weighted by molar-refractivity contribution is 5.11. The van der Waals surface area contributed by atoms with Crippen LogP contribution in [-0.4, -0.2) is 17.8 Å². The molecule has 2 N–H and O–H groups in total. The van der Waals surface area contributed by atoms with Gasteiger partial charge < -0.3 is 14.8 Å². The molecule has 0 aliphatic carbocycles. The Balaban J connectivity index is 2.14. The number of rotatable bonds is 1. The fraction of sp³-hybridized carbons (Fsp3) is 0.600. The predicted molar refractivity (Wildman–Crippen MR) is 49.4 cm³/mol. The summed E-state index contributed by atoms with van der Waals surface area (Å²) in [6.07, 6.45) is 1.59. The number of furan rings is 1. The Morgan fingerprint density at radius 2 is 2.38 bits per heavy atom. The van der Waals surface area contributed by atoms with Gasteiger partial charge in [0, 0.05) is 0 Å². The first-order valence-corrected chi connectivity index (χ1v) is 4.75. The molecule has 1 fully saturated rings. The lowest BCUT2D eigenvalue weighted by Gasteiger charge is -2.27. The molecule has 3 nitrogen and oxygen atoms in total. The average Bonchev–Trinajstić information content (AvgIpc) is 2.53. The van der Waals surface area contributed by atoms with Crippen LogP contribution in [0.5, 0.6) is 0 Å². The van der Waals surface area contributed by atoms with E-state index in [0.29, 0.717) is 0 Å². The molecular weight excluding hydrogens is 166 g/mol. The first-order valence-electron chi connectivity index (χ1n) is 4.75. The fourth-order valence-electron chi connectivity index (χ4n) is 1.78. The number of piperidine rings is 1. The normalized spacial score (nSPS) is 29.1. The Hall–Kier alpha value is -0.800. The molecule has 1 saturated heterocycles. The van der Waals surface area contributed by atoms with Crippen LogP contribution in [0.25, 0.3) is 0 Å². The molecule has 3 heteroatoms. The second-order valence-electron chi connectivity index (χ2n) is 3.59. The largest absolute Gasteiger partial charge is 0.465 e. The third-order valence-corrected chi connectivity index (χ3v) is 2.49. The second-order valence-corrected chi connectivity index (χ2v) is 3.59. The zero-order valence-corrected chi connectivity index (χ0v) is 7.79. The molecule has 2 atom stereocenters. The molecule has 2 heterocycles. The molecule has 13 heavy (non-hydrogen) atoms. The van der Waals surface area contributed by atoms with Crippen LogP contribution in [0.15, 0.2) is 16.5 Å². The van der Waals surface area contributed by atoms with Crippen molar-refractivity contribution in [3.63, 3.8) is 0 Å². The number of hydrogen-bond acceptors (Lipinski definition) is 3. The Labute approximate surface area is 77.8 Å². The minimum Gasteiger partial charge on any atom is -0.465 e. The minimum atomic E-state index is -0.306. The first-order chi connectivity index (χ1) is 6.27. The Morgan fingerprint density at radius 1 is 1.54 bits per heavy atom. The maximum Gasteiger partial charge on any atom is 0.123 e. The molecule has 0 aromatic carbocycles. The lowest BCUT2D eigenvalue weighted by Crippen LogP contribution is -2.37. The highest BCUT2D eigenvalue weighted by atomic mass is 16.3. The zero-order chi connectivity index (χ0) is 9.26. The quantitative estimate of drug-likeness (QED) is 0.688. The fourth-order valence-corrected chi connectivity index (χ4v) is 1.78. The summed E-state index contributed by atoms with van der Waals surface area (Å²) in [7, 11) is 0. The molecule has 0 radical (unpaired) electrons. The molecule has 1 aromatic heterocycles. The Bertz CT molecular complexity index is 282. The number of aryl methyl sites for hydroxylation is 1. The summed E-state index contributed by atoms with van der Waals surface area (Å²) in [4.78, 5) is 0. The van der Waals surface area contributed by atoms with Gasteiger partial charge in [0.25, 0.3) is 0 Å². The summed E-state index contributed by atoms with van der Waals surface area (Å²) in [5.74, 6) is 1.75. The molecule has 1 aliphatic rings. The van der Waals surface area contributed by atoms with Crippen LogP contribution < -0.4 is 5.32 Å². The number of nitrogens with one attached hydrogen (secondary N) is 1. The van der Waals surface area contributed by atoms with Crippen LogP contribution in [-0.2, 0) is 0 Å². The van der Waals surface area contributed by atoms with Crippen LogP contribution in [0, 0.1) is 6.92 Å². The van der Waals surface area contributed by atoms with E-state index in [0.717, 1.165) is 30.9 Å². The van der Waals surface area contributed by atoms with Crippen molar-refractivity contribution in [2.24, 2.45) is 0 Å². The van der Waals surface area contributed by atoms with E-state index in [1.165, 1.54) is 0 Å². The van der Waals surface area contributed by atoms with Crippen LogP contribution in [0.3, 0.4) is 0 Å². The monoisotopic (exact) mass is 181 g/mol. The Kier molecular flexibility index (Phi) is 2.38. The Morgan fingerprint density at radius 3 is 3.00 bits per heavy atom. The number of hydrogen-bond donors (Lipinski definition) is 2. The third-order valence-electron chi connectivity index (χ3n) is 2.49. The van der Waals surface area contributed by atoms with E-state index in [1.54, 1.807) is 0 Å². The van der Waals surface area contributed by atoms with Crippen LogP contribution >= 0.6 is 0 Å². The lowest BCUT2D eigenvalue weighted by molar-refractivity contribution is 0.0861. The van der Waals surface area contributed by atoms with Gasteiger partial charge in [-0.2, -0.15) is 0 Å². The van der Waals surface area contributed by atoms with Gasteiger partial charge in [-0.05, 0) is 38.4 Å². The van der Waals surface area contributed by atoms with Gasteiger partial charge in [0.05, 0.1) is 12.1 Å². The molecule has 0 spiro atoms. The van der Waals surface area contributed by atoms with Gasteiger partial charge in [0.2, 0.25) is 0 Å². The summed E-state index contributed by atoms with van der Waals surface area (Å²) in [6, 6.07) is 3.85. The second kappa shape index (κ2) is 3.52. The van der Waals surface area contributed by atoms with Crippen LogP contribution in [0.1, 0.15) is 30.4 Å². The topological polar surface area (TPSA) is 45.4 Å². The molecule has 0 saturated carbocycles. The summed E-state index contributed by atoms with van der Waals surface area (Å²) in [5, 5.41) is 13.0. The predicted octanol–water partition coefficient (Wildman–Crippen LogP) is 1.37. The van der Waals surface area contributed by atoms with Crippen molar-refractivity contribution in [3.8, 4) is 0 Å². The van der Waals surface area contributed by atoms with Crippen molar-refractivity contribution in [2.75, 3.05) is 6.54 Å². The highest BCUT2D eigenvalue weighted by Crippen LogP contribution is 2.24. The average molecular weight is 181 g/mol. The van der Waals surface area contributed by atoms with Crippen LogP contribution in [0.2, 0.25) is 0 Å². The van der Waals surface area contributed by atoms with E-state index < -0.39 is 0 Å². The minimum absolute atomic E-state index is 0.0116.